The second kappa shape index (κ2) is 11.5. The Morgan fingerprint density at radius 3 is 1.66 bits per heavy atom. The maximum absolute atomic E-state index is 11.3. The van der Waals surface area contributed by atoms with Gasteiger partial charge in [-0.25, -0.2) is 4.79 Å². The third kappa shape index (κ3) is 5.59. The Hall–Kier alpha value is -1.13. The van der Waals surface area contributed by atoms with E-state index in [1.165, 1.54) is 0 Å². The van der Waals surface area contributed by atoms with Crippen molar-refractivity contribution in [2.24, 2.45) is 0 Å². The summed E-state index contributed by atoms with van der Waals surface area (Å²) >= 11 is 0. The van der Waals surface area contributed by atoms with E-state index >= 15 is 0 Å². The zero-order valence-corrected chi connectivity index (χ0v) is 17.9. The van der Waals surface area contributed by atoms with E-state index < -0.39 is 111 Å². The summed E-state index contributed by atoms with van der Waals surface area (Å²) in [4.78, 5) is 11.3. The summed E-state index contributed by atoms with van der Waals surface area (Å²) < 4.78 is 26.0. The van der Waals surface area contributed by atoms with Crippen LogP contribution in [0.25, 0.3) is 0 Å². The molecule has 3 saturated heterocycles. The van der Waals surface area contributed by atoms with Gasteiger partial charge < -0.3 is 79.9 Å². The molecule has 3 heterocycles. The predicted octanol–water partition coefficient (Wildman–Crippen LogP) is -7.48. The van der Waals surface area contributed by atoms with Crippen LogP contribution in [0.2, 0.25) is 0 Å². The van der Waals surface area contributed by atoms with Crippen molar-refractivity contribution in [3.05, 3.63) is 0 Å². The highest BCUT2D eigenvalue weighted by Gasteiger charge is 2.54. The molecule has 17 nitrogen and oxygen atoms in total. The van der Waals surface area contributed by atoms with Crippen molar-refractivity contribution < 1.29 is 84.7 Å². The van der Waals surface area contributed by atoms with E-state index in [4.69, 9.17) is 28.8 Å². The number of carbonyl (C=O) groups is 1. The second-order valence-corrected chi connectivity index (χ2v) is 8.37. The van der Waals surface area contributed by atoms with E-state index in [9.17, 15) is 55.9 Å². The van der Waals surface area contributed by atoms with Gasteiger partial charge in [0.25, 0.3) is 0 Å². The lowest BCUT2D eigenvalue weighted by atomic mass is 9.96. The number of carboxylic acid groups (broad SMARTS) is 1. The van der Waals surface area contributed by atoms with Crippen LogP contribution in [-0.4, -0.2) is 167 Å². The number of hydrogen-bond donors (Lipinski definition) is 11. The van der Waals surface area contributed by atoms with E-state index in [1.807, 2.05) is 0 Å². The molecular weight excluding hydrogens is 488 g/mol. The summed E-state index contributed by atoms with van der Waals surface area (Å²) in [6.07, 6.45) is -27.7. The van der Waals surface area contributed by atoms with Crippen LogP contribution >= 0.6 is 0 Å². The molecule has 3 aliphatic rings. The summed E-state index contributed by atoms with van der Waals surface area (Å²) in [5, 5.41) is 109. The molecule has 0 aliphatic carbocycles. The largest absolute Gasteiger partial charge is 0.479 e. The molecule has 0 bridgehead atoms. The predicted molar refractivity (Wildman–Crippen MR) is 102 cm³/mol. The van der Waals surface area contributed by atoms with Gasteiger partial charge >= 0.3 is 5.97 Å². The highest BCUT2D eigenvalue weighted by atomic mass is 16.8. The van der Waals surface area contributed by atoms with Crippen LogP contribution in [0.4, 0.5) is 0 Å². The fraction of sp³-hybridized carbons (Fsp3) is 0.944. The standard InChI is InChI=1S/C18H30O17/c19-1-3-5(21)6(22)9(25)17(32-3)33-12-4(2-20)31-16(30)14(11(12)27)35-18-10(26)7(23)8(24)13(34-18)15(28)29/h3-14,16-27,30H,1-2H2,(H,28,29)/t3-,4-,5-,6+,7+,8+,9-,10-,11+,12-,13+,14-,16?,17+,18+/m1/s1. The third-order valence-electron chi connectivity index (χ3n) is 6.06. The van der Waals surface area contributed by atoms with Crippen molar-refractivity contribution in [1.82, 2.24) is 0 Å². The number of aliphatic hydroxyl groups is 10. The minimum absolute atomic E-state index is 0.780. The first kappa shape index (κ1) is 28.4. The van der Waals surface area contributed by atoms with Crippen molar-refractivity contribution in [1.29, 1.82) is 0 Å². The third-order valence-corrected chi connectivity index (χ3v) is 6.06. The van der Waals surface area contributed by atoms with Crippen LogP contribution < -0.4 is 0 Å². The number of aliphatic carboxylic acids is 1. The lowest BCUT2D eigenvalue weighted by Crippen LogP contribution is -2.66. The van der Waals surface area contributed by atoms with Crippen LogP contribution in [-0.2, 0) is 28.5 Å². The average molecular weight is 518 g/mol. The van der Waals surface area contributed by atoms with Crippen LogP contribution in [0.1, 0.15) is 0 Å². The Labute approximate surface area is 196 Å². The van der Waals surface area contributed by atoms with Gasteiger partial charge in [0.2, 0.25) is 0 Å². The fourth-order valence-electron chi connectivity index (χ4n) is 4.03. The normalized spacial score (nSPS) is 51.2. The van der Waals surface area contributed by atoms with Gasteiger partial charge in [0.1, 0.15) is 67.1 Å². The van der Waals surface area contributed by atoms with Gasteiger partial charge in [-0.1, -0.05) is 0 Å². The SMILES string of the molecule is O=C(O)[C@H]1O[C@@H](O[C@H]2C(O)O[C@H](CO)[C@@H](O[C@@H]3O[C@H](CO)[C@@H](O)[C@H](O)[C@H]3O)[C@@H]2O)[C@H](O)[C@@H](O)[C@@H]1O. The first-order valence-electron chi connectivity index (χ1n) is 10.6. The van der Waals surface area contributed by atoms with E-state index in [1.54, 1.807) is 0 Å². The van der Waals surface area contributed by atoms with Gasteiger partial charge in [-0.05, 0) is 0 Å². The summed E-state index contributed by atoms with van der Waals surface area (Å²) in [5.74, 6) is -1.71. The molecule has 15 atom stereocenters. The average Bonchev–Trinajstić information content (AvgIpc) is 2.82. The Morgan fingerprint density at radius 2 is 1.11 bits per heavy atom. The summed E-state index contributed by atoms with van der Waals surface area (Å²) in [5.41, 5.74) is 0. The monoisotopic (exact) mass is 518 g/mol. The van der Waals surface area contributed by atoms with Gasteiger partial charge in [0, 0.05) is 0 Å². The zero-order chi connectivity index (χ0) is 26.2. The Bertz CT molecular complexity index is 709. The Morgan fingerprint density at radius 1 is 0.600 bits per heavy atom. The van der Waals surface area contributed by atoms with Crippen LogP contribution in [0, 0.1) is 0 Å². The number of aliphatic hydroxyl groups excluding tert-OH is 10. The second-order valence-electron chi connectivity index (χ2n) is 8.37. The minimum Gasteiger partial charge on any atom is -0.479 e. The van der Waals surface area contributed by atoms with Gasteiger partial charge in [-0.3, -0.25) is 0 Å². The fourth-order valence-corrected chi connectivity index (χ4v) is 4.03. The van der Waals surface area contributed by atoms with Crippen molar-refractivity contribution >= 4 is 5.97 Å². The molecule has 11 N–H and O–H groups in total. The molecule has 0 aromatic heterocycles. The molecule has 3 aliphatic heterocycles. The van der Waals surface area contributed by atoms with Crippen molar-refractivity contribution in [2.75, 3.05) is 13.2 Å². The van der Waals surface area contributed by atoms with Crippen LogP contribution in [0.15, 0.2) is 0 Å². The highest BCUT2D eigenvalue weighted by Crippen LogP contribution is 2.32. The topological polar surface area (TPSA) is 286 Å². The van der Waals surface area contributed by atoms with E-state index in [2.05, 4.69) is 0 Å². The van der Waals surface area contributed by atoms with Gasteiger partial charge in [0.05, 0.1) is 13.2 Å². The van der Waals surface area contributed by atoms with Crippen molar-refractivity contribution in [3.63, 3.8) is 0 Å². The van der Waals surface area contributed by atoms with E-state index in [0.29, 0.717) is 0 Å². The molecular formula is C18H30O17. The Balaban J connectivity index is 1.77. The maximum atomic E-state index is 11.3. The van der Waals surface area contributed by atoms with E-state index in [0.717, 1.165) is 0 Å². The Kier molecular flexibility index (Phi) is 9.35. The number of rotatable bonds is 7. The van der Waals surface area contributed by atoms with Crippen molar-refractivity contribution in [2.45, 2.75) is 92.1 Å². The molecule has 0 aromatic rings. The zero-order valence-electron chi connectivity index (χ0n) is 17.9. The first-order chi connectivity index (χ1) is 16.4. The number of hydrogen-bond acceptors (Lipinski definition) is 16. The number of carboxylic acids is 1. The molecule has 35 heavy (non-hydrogen) atoms. The minimum atomic E-state index is -2.04. The van der Waals surface area contributed by atoms with Crippen LogP contribution in [0.3, 0.4) is 0 Å². The lowest BCUT2D eigenvalue weighted by molar-refractivity contribution is -0.380. The lowest BCUT2D eigenvalue weighted by Gasteiger charge is -2.47. The van der Waals surface area contributed by atoms with Crippen molar-refractivity contribution in [3.8, 4) is 0 Å². The molecule has 3 fully saturated rings. The summed E-state index contributed by atoms with van der Waals surface area (Å²) in [7, 11) is 0. The molecule has 0 spiro atoms. The molecule has 0 saturated carbocycles. The number of ether oxygens (including phenoxy) is 5. The molecule has 1 unspecified atom stereocenters. The molecule has 204 valence electrons. The molecule has 0 amide bonds. The molecule has 17 heteroatoms. The van der Waals surface area contributed by atoms with Crippen LogP contribution in [0.5, 0.6) is 0 Å². The summed E-state index contributed by atoms with van der Waals surface area (Å²) in [6.45, 7) is -1.63. The molecule has 3 rings (SSSR count). The first-order valence-corrected chi connectivity index (χ1v) is 10.6. The van der Waals surface area contributed by atoms with Gasteiger partial charge in [-0.2, -0.15) is 0 Å². The van der Waals surface area contributed by atoms with Gasteiger partial charge in [0.15, 0.2) is 25.0 Å². The summed E-state index contributed by atoms with van der Waals surface area (Å²) in [6, 6.07) is 0. The van der Waals surface area contributed by atoms with Gasteiger partial charge in [-0.15, -0.1) is 0 Å². The molecule has 0 radical (unpaired) electrons. The quantitative estimate of drug-likeness (QED) is 0.149. The highest BCUT2D eigenvalue weighted by molar-refractivity contribution is 5.73. The van der Waals surface area contributed by atoms with E-state index in [-0.39, 0.29) is 0 Å². The smallest absolute Gasteiger partial charge is 0.335 e. The molecule has 0 aromatic carbocycles. The maximum Gasteiger partial charge on any atom is 0.335 e.